The Morgan fingerprint density at radius 2 is 2.22 bits per heavy atom. The van der Waals surface area contributed by atoms with Crippen molar-refractivity contribution in [1.82, 2.24) is 25.1 Å². The highest BCUT2D eigenvalue weighted by atomic mass is 19.1. The maximum atomic E-state index is 12.3. The Labute approximate surface area is 130 Å². The number of nitrogens with one attached hydrogen (secondary N) is 3. The zero-order valence-electron chi connectivity index (χ0n) is 12.3. The molecule has 0 atom stereocenters. The first-order valence-electron chi connectivity index (χ1n) is 7.41. The Bertz CT molecular complexity index is 883. The highest BCUT2D eigenvalue weighted by Gasteiger charge is 2.22. The van der Waals surface area contributed by atoms with E-state index in [9.17, 15) is 9.18 Å². The van der Waals surface area contributed by atoms with Crippen LogP contribution < -0.4 is 10.6 Å². The molecule has 0 radical (unpaired) electrons. The van der Waals surface area contributed by atoms with Crippen LogP contribution in [0.2, 0.25) is 0 Å². The molecule has 4 heterocycles. The molecule has 1 amide bonds. The summed E-state index contributed by atoms with van der Waals surface area (Å²) in [7, 11) is 0. The molecule has 23 heavy (non-hydrogen) atoms. The van der Waals surface area contributed by atoms with Crippen molar-refractivity contribution in [2.75, 3.05) is 18.5 Å². The first kappa shape index (κ1) is 13.7. The number of alkyl halides is 1. The van der Waals surface area contributed by atoms with Gasteiger partial charge in [-0.05, 0) is 12.1 Å². The first-order valence-corrected chi connectivity index (χ1v) is 7.41. The van der Waals surface area contributed by atoms with Gasteiger partial charge in [0.25, 0.3) is 5.91 Å². The summed E-state index contributed by atoms with van der Waals surface area (Å²) >= 11 is 0. The molecule has 0 fully saturated rings. The number of aromatic amines is 1. The van der Waals surface area contributed by atoms with Gasteiger partial charge < -0.3 is 15.6 Å². The van der Waals surface area contributed by atoms with E-state index in [1.807, 2.05) is 6.07 Å². The number of hydrogen-bond acceptors (Lipinski definition) is 4. The van der Waals surface area contributed by atoms with Gasteiger partial charge in [0, 0.05) is 36.3 Å². The topological polar surface area (TPSA) is 87.6 Å². The van der Waals surface area contributed by atoms with E-state index in [-0.39, 0.29) is 12.5 Å². The molecule has 3 aromatic heterocycles. The standard InChI is InChI=1S/C15H15FN6O/c16-5-8-22-7-4-12(21-22)19-11-2-1-9-13-10(18-14(9)20-11)3-6-17-15(13)23/h1-2,4,7H,3,5-6,8H2,(H,17,23)(H2,18,19,20,21). The zero-order valence-corrected chi connectivity index (χ0v) is 12.3. The average Bonchev–Trinajstić information content (AvgIpc) is 3.12. The molecular formula is C15H15FN6O. The Hall–Kier alpha value is -2.90. The minimum atomic E-state index is -0.457. The normalized spacial score (nSPS) is 13.9. The van der Waals surface area contributed by atoms with Crippen LogP contribution in [0.5, 0.6) is 0 Å². The van der Waals surface area contributed by atoms with Crippen molar-refractivity contribution in [3.05, 3.63) is 35.7 Å². The molecule has 1 aliphatic rings. The highest BCUT2D eigenvalue weighted by Crippen LogP contribution is 2.25. The van der Waals surface area contributed by atoms with E-state index in [0.29, 0.717) is 29.4 Å². The fourth-order valence-electron chi connectivity index (χ4n) is 2.80. The Balaban J connectivity index is 1.65. The van der Waals surface area contributed by atoms with Crippen LogP contribution in [0.4, 0.5) is 16.0 Å². The summed E-state index contributed by atoms with van der Waals surface area (Å²) in [6, 6.07) is 5.42. The largest absolute Gasteiger partial charge is 0.352 e. The van der Waals surface area contributed by atoms with E-state index in [0.717, 1.165) is 17.5 Å². The molecule has 1 aliphatic heterocycles. The van der Waals surface area contributed by atoms with Crippen LogP contribution in [0.25, 0.3) is 11.0 Å². The first-order chi connectivity index (χ1) is 11.2. The van der Waals surface area contributed by atoms with Crippen LogP contribution in [-0.2, 0) is 13.0 Å². The molecule has 0 aliphatic carbocycles. The molecule has 0 saturated heterocycles. The minimum Gasteiger partial charge on any atom is -0.352 e. The molecule has 3 aromatic rings. The smallest absolute Gasteiger partial charge is 0.253 e. The van der Waals surface area contributed by atoms with Crippen LogP contribution in [0.3, 0.4) is 0 Å². The monoisotopic (exact) mass is 314 g/mol. The third-order valence-electron chi connectivity index (χ3n) is 3.83. The number of halogens is 1. The fraction of sp³-hybridized carbons (Fsp3) is 0.267. The molecule has 118 valence electrons. The summed E-state index contributed by atoms with van der Waals surface area (Å²) in [4.78, 5) is 19.7. The van der Waals surface area contributed by atoms with Crippen molar-refractivity contribution in [2.24, 2.45) is 0 Å². The van der Waals surface area contributed by atoms with Crippen LogP contribution in [-0.4, -0.2) is 38.9 Å². The van der Waals surface area contributed by atoms with Crippen LogP contribution in [0, 0.1) is 0 Å². The van der Waals surface area contributed by atoms with Gasteiger partial charge in [-0.3, -0.25) is 9.48 Å². The van der Waals surface area contributed by atoms with Crippen LogP contribution in [0.1, 0.15) is 16.1 Å². The average molecular weight is 314 g/mol. The molecule has 0 aromatic carbocycles. The number of anilines is 2. The number of rotatable bonds is 4. The molecule has 0 saturated carbocycles. The number of aryl methyl sites for hydroxylation is 1. The molecule has 4 rings (SSSR count). The third-order valence-corrected chi connectivity index (χ3v) is 3.83. The predicted molar refractivity (Wildman–Crippen MR) is 83.6 cm³/mol. The number of carbonyl (C=O) groups is 1. The highest BCUT2D eigenvalue weighted by molar-refractivity contribution is 6.08. The molecule has 0 bridgehead atoms. The van der Waals surface area contributed by atoms with Crippen molar-refractivity contribution in [1.29, 1.82) is 0 Å². The molecular weight excluding hydrogens is 299 g/mol. The number of fused-ring (bicyclic) bond motifs is 3. The van der Waals surface area contributed by atoms with E-state index < -0.39 is 6.67 Å². The summed E-state index contributed by atoms with van der Waals surface area (Å²) in [5.74, 6) is 1.14. The van der Waals surface area contributed by atoms with Crippen molar-refractivity contribution in [2.45, 2.75) is 13.0 Å². The van der Waals surface area contributed by atoms with Gasteiger partial charge >= 0.3 is 0 Å². The quantitative estimate of drug-likeness (QED) is 0.685. The Morgan fingerprint density at radius 1 is 1.30 bits per heavy atom. The Morgan fingerprint density at radius 3 is 3.09 bits per heavy atom. The number of carbonyl (C=O) groups excluding carboxylic acids is 1. The van der Waals surface area contributed by atoms with Crippen molar-refractivity contribution < 1.29 is 9.18 Å². The maximum absolute atomic E-state index is 12.3. The summed E-state index contributed by atoms with van der Waals surface area (Å²) in [5, 5.41) is 10.9. The molecule has 3 N–H and O–H groups in total. The van der Waals surface area contributed by atoms with Gasteiger partial charge in [0.2, 0.25) is 0 Å². The lowest BCUT2D eigenvalue weighted by Crippen LogP contribution is -2.31. The van der Waals surface area contributed by atoms with Gasteiger partial charge in [-0.2, -0.15) is 5.10 Å². The number of nitrogens with zero attached hydrogens (tertiary/aromatic N) is 3. The second kappa shape index (κ2) is 5.38. The SMILES string of the molecule is O=C1NCCc2[nH]c3nc(Nc4ccn(CCF)n4)ccc3c21. The minimum absolute atomic E-state index is 0.0648. The molecule has 0 spiro atoms. The maximum Gasteiger partial charge on any atom is 0.253 e. The number of amides is 1. The zero-order chi connectivity index (χ0) is 15.8. The number of hydrogen-bond donors (Lipinski definition) is 3. The molecule has 0 unspecified atom stereocenters. The van der Waals surface area contributed by atoms with E-state index in [1.165, 1.54) is 4.68 Å². The lowest BCUT2D eigenvalue weighted by Gasteiger charge is -2.11. The van der Waals surface area contributed by atoms with Gasteiger partial charge in [0.05, 0.1) is 12.1 Å². The van der Waals surface area contributed by atoms with E-state index in [2.05, 4.69) is 25.7 Å². The number of aromatic nitrogens is 4. The van der Waals surface area contributed by atoms with E-state index in [4.69, 9.17) is 0 Å². The summed E-state index contributed by atoms with van der Waals surface area (Å²) in [6.07, 6.45) is 2.48. The van der Waals surface area contributed by atoms with E-state index in [1.54, 1.807) is 18.3 Å². The van der Waals surface area contributed by atoms with Crippen LogP contribution >= 0.6 is 0 Å². The summed E-state index contributed by atoms with van der Waals surface area (Å²) in [5.41, 5.74) is 2.26. The lowest BCUT2D eigenvalue weighted by atomic mass is 10.1. The van der Waals surface area contributed by atoms with Gasteiger partial charge in [-0.25, -0.2) is 9.37 Å². The van der Waals surface area contributed by atoms with Gasteiger partial charge in [0.1, 0.15) is 18.1 Å². The van der Waals surface area contributed by atoms with E-state index >= 15 is 0 Å². The summed E-state index contributed by atoms with van der Waals surface area (Å²) in [6.45, 7) is 0.407. The van der Waals surface area contributed by atoms with Crippen molar-refractivity contribution in [3.8, 4) is 0 Å². The second-order valence-electron chi connectivity index (χ2n) is 5.36. The third kappa shape index (κ3) is 2.41. The predicted octanol–water partition coefficient (Wildman–Crippen LogP) is 1.76. The number of H-pyrrole nitrogens is 1. The van der Waals surface area contributed by atoms with Gasteiger partial charge in [-0.15, -0.1) is 0 Å². The lowest BCUT2D eigenvalue weighted by molar-refractivity contribution is 0.0947. The van der Waals surface area contributed by atoms with Gasteiger partial charge in [-0.1, -0.05) is 0 Å². The van der Waals surface area contributed by atoms with Crippen LogP contribution in [0.15, 0.2) is 24.4 Å². The Kier molecular flexibility index (Phi) is 3.22. The molecule has 8 heteroatoms. The molecule has 7 nitrogen and oxygen atoms in total. The fourth-order valence-corrected chi connectivity index (χ4v) is 2.80. The number of pyridine rings is 1. The van der Waals surface area contributed by atoms with Crippen molar-refractivity contribution >= 4 is 28.6 Å². The van der Waals surface area contributed by atoms with Gasteiger partial charge in [0.15, 0.2) is 5.82 Å². The van der Waals surface area contributed by atoms with Crippen molar-refractivity contribution in [3.63, 3.8) is 0 Å². The second-order valence-corrected chi connectivity index (χ2v) is 5.36. The summed E-state index contributed by atoms with van der Waals surface area (Å²) < 4.78 is 13.8.